The summed E-state index contributed by atoms with van der Waals surface area (Å²) in [6.45, 7) is 0. The number of phenolic OH excluding ortho intramolecular Hbond substituents is 2. The van der Waals surface area contributed by atoms with Crippen molar-refractivity contribution in [3.63, 3.8) is 0 Å². The van der Waals surface area contributed by atoms with Gasteiger partial charge in [-0.05, 0) is 60.2 Å². The second-order valence-corrected chi connectivity index (χ2v) is 6.46. The van der Waals surface area contributed by atoms with Crippen LogP contribution in [0.4, 0.5) is 13.2 Å². The molecule has 0 unspecified atom stereocenters. The van der Waals surface area contributed by atoms with Crippen LogP contribution < -0.4 is 0 Å². The van der Waals surface area contributed by atoms with Crippen LogP contribution in [-0.4, -0.2) is 20.4 Å². The van der Waals surface area contributed by atoms with Gasteiger partial charge in [0.25, 0.3) is 0 Å². The Labute approximate surface area is 163 Å². The van der Waals surface area contributed by atoms with Crippen molar-refractivity contribution in [1.82, 2.24) is 10.2 Å². The molecule has 0 saturated heterocycles. The van der Waals surface area contributed by atoms with Gasteiger partial charge in [0.2, 0.25) is 0 Å². The summed E-state index contributed by atoms with van der Waals surface area (Å²) in [5, 5.41) is 26.2. The van der Waals surface area contributed by atoms with E-state index >= 15 is 0 Å². The fraction of sp³-hybridized carbons (Fsp3) is 0.0455. The number of halogens is 3. The molecule has 4 rings (SSSR count). The molecular weight excluding hydrogens is 381 g/mol. The number of aromatic hydroxyl groups is 2. The molecule has 0 saturated carbocycles. The number of aromatic nitrogens is 2. The van der Waals surface area contributed by atoms with Crippen molar-refractivity contribution in [3.8, 4) is 45.1 Å². The molecule has 3 aromatic carbocycles. The summed E-state index contributed by atoms with van der Waals surface area (Å²) < 4.78 is 41.2. The Kier molecular flexibility index (Phi) is 4.50. The van der Waals surface area contributed by atoms with Crippen LogP contribution in [-0.2, 0) is 6.18 Å². The highest BCUT2D eigenvalue weighted by molar-refractivity contribution is 5.92. The van der Waals surface area contributed by atoms with E-state index in [1.54, 1.807) is 30.3 Å². The molecular formula is C22H15F3N2O2. The van der Waals surface area contributed by atoms with Gasteiger partial charge >= 0.3 is 6.18 Å². The van der Waals surface area contributed by atoms with Crippen LogP contribution >= 0.6 is 0 Å². The van der Waals surface area contributed by atoms with Gasteiger partial charge in [-0.1, -0.05) is 18.2 Å². The Bertz CT molecular complexity index is 1090. The molecule has 0 radical (unpaired) electrons. The fourth-order valence-corrected chi connectivity index (χ4v) is 3.22. The zero-order chi connectivity index (χ0) is 20.6. The maximum atomic E-state index is 13.7. The van der Waals surface area contributed by atoms with E-state index in [9.17, 15) is 23.4 Å². The number of benzene rings is 3. The topological polar surface area (TPSA) is 69.1 Å². The van der Waals surface area contributed by atoms with Crippen molar-refractivity contribution < 1.29 is 23.4 Å². The van der Waals surface area contributed by atoms with Crippen LogP contribution in [0.2, 0.25) is 0 Å². The zero-order valence-corrected chi connectivity index (χ0v) is 14.9. The van der Waals surface area contributed by atoms with E-state index in [1.165, 1.54) is 36.4 Å². The van der Waals surface area contributed by atoms with Crippen LogP contribution in [0.15, 0.2) is 72.8 Å². The lowest BCUT2D eigenvalue weighted by Gasteiger charge is -2.14. The van der Waals surface area contributed by atoms with E-state index in [2.05, 4.69) is 10.2 Å². The first-order chi connectivity index (χ1) is 13.8. The number of nitrogens with zero attached hydrogens (tertiary/aromatic N) is 1. The molecule has 0 spiro atoms. The minimum absolute atomic E-state index is 0.0140. The molecule has 0 amide bonds. The van der Waals surface area contributed by atoms with Gasteiger partial charge in [0, 0.05) is 16.7 Å². The van der Waals surface area contributed by atoms with Gasteiger partial charge in [-0.3, -0.25) is 5.10 Å². The van der Waals surface area contributed by atoms with Crippen molar-refractivity contribution in [3.05, 3.63) is 78.4 Å². The molecule has 4 nitrogen and oxygen atoms in total. The first kappa shape index (κ1) is 18.6. The summed E-state index contributed by atoms with van der Waals surface area (Å²) in [6.07, 6.45) is -4.55. The number of hydrogen-bond donors (Lipinski definition) is 3. The summed E-state index contributed by atoms with van der Waals surface area (Å²) >= 11 is 0. The minimum Gasteiger partial charge on any atom is -0.508 e. The molecule has 0 aliphatic heterocycles. The highest BCUT2D eigenvalue weighted by atomic mass is 19.4. The first-order valence-corrected chi connectivity index (χ1v) is 8.68. The molecule has 0 aliphatic rings. The average molecular weight is 396 g/mol. The second-order valence-electron chi connectivity index (χ2n) is 6.46. The van der Waals surface area contributed by atoms with Crippen LogP contribution in [0, 0.1) is 0 Å². The Morgan fingerprint density at radius 1 is 0.724 bits per heavy atom. The average Bonchev–Trinajstić information content (AvgIpc) is 3.13. The predicted octanol–water partition coefficient (Wildman–Crippen LogP) is 5.84. The summed E-state index contributed by atoms with van der Waals surface area (Å²) in [5.41, 5.74) is 1.34. The summed E-state index contributed by atoms with van der Waals surface area (Å²) in [7, 11) is 0. The van der Waals surface area contributed by atoms with Crippen molar-refractivity contribution >= 4 is 0 Å². The lowest BCUT2D eigenvalue weighted by atomic mass is 9.92. The van der Waals surface area contributed by atoms with E-state index in [4.69, 9.17) is 0 Å². The highest BCUT2D eigenvalue weighted by Crippen LogP contribution is 2.44. The molecule has 7 heteroatoms. The normalized spacial score (nSPS) is 11.6. The van der Waals surface area contributed by atoms with E-state index in [1.807, 2.05) is 0 Å². The van der Waals surface area contributed by atoms with Gasteiger partial charge in [0.05, 0.1) is 11.3 Å². The molecule has 0 aliphatic carbocycles. The third-order valence-electron chi connectivity index (χ3n) is 4.56. The minimum atomic E-state index is -4.55. The third kappa shape index (κ3) is 3.54. The first-order valence-electron chi connectivity index (χ1n) is 8.68. The Hall–Kier alpha value is -3.74. The van der Waals surface area contributed by atoms with E-state index < -0.39 is 11.7 Å². The highest BCUT2D eigenvalue weighted by Gasteiger charge is 2.35. The molecule has 1 aromatic heterocycles. The zero-order valence-electron chi connectivity index (χ0n) is 14.9. The Morgan fingerprint density at radius 3 is 1.86 bits per heavy atom. The smallest absolute Gasteiger partial charge is 0.417 e. The summed E-state index contributed by atoms with van der Waals surface area (Å²) in [4.78, 5) is 0. The molecule has 29 heavy (non-hydrogen) atoms. The van der Waals surface area contributed by atoms with E-state index in [0.29, 0.717) is 22.5 Å². The van der Waals surface area contributed by atoms with E-state index in [-0.39, 0.29) is 22.6 Å². The fourth-order valence-electron chi connectivity index (χ4n) is 3.22. The van der Waals surface area contributed by atoms with Crippen LogP contribution in [0.3, 0.4) is 0 Å². The number of aromatic amines is 1. The van der Waals surface area contributed by atoms with Gasteiger partial charge in [-0.25, -0.2) is 0 Å². The van der Waals surface area contributed by atoms with Gasteiger partial charge in [-0.15, -0.1) is 0 Å². The van der Waals surface area contributed by atoms with Crippen LogP contribution in [0.5, 0.6) is 11.5 Å². The monoisotopic (exact) mass is 396 g/mol. The molecule has 0 atom stereocenters. The van der Waals surface area contributed by atoms with Crippen molar-refractivity contribution in [2.75, 3.05) is 0 Å². The number of nitrogens with one attached hydrogen (secondary N) is 1. The molecule has 0 fully saturated rings. The van der Waals surface area contributed by atoms with Gasteiger partial charge < -0.3 is 10.2 Å². The largest absolute Gasteiger partial charge is 0.508 e. The second kappa shape index (κ2) is 7.01. The Balaban J connectivity index is 2.01. The number of phenols is 2. The number of alkyl halides is 3. The van der Waals surface area contributed by atoms with Crippen molar-refractivity contribution in [1.29, 1.82) is 0 Å². The van der Waals surface area contributed by atoms with Crippen LogP contribution in [0.1, 0.15) is 5.56 Å². The van der Waals surface area contributed by atoms with Crippen molar-refractivity contribution in [2.45, 2.75) is 6.18 Å². The van der Waals surface area contributed by atoms with Gasteiger partial charge in [0.1, 0.15) is 17.2 Å². The quantitative estimate of drug-likeness (QED) is 0.407. The lowest BCUT2D eigenvalue weighted by Crippen LogP contribution is -2.07. The maximum Gasteiger partial charge on any atom is 0.417 e. The third-order valence-corrected chi connectivity index (χ3v) is 4.56. The Morgan fingerprint density at radius 2 is 1.28 bits per heavy atom. The standard InChI is InChI=1S/C22H15F3N2O2/c23-22(24,25)18-4-2-1-3-17(18)19-20(13-5-9-15(28)10-6-13)26-27-21(19)14-7-11-16(29)12-8-14/h1-12,28-29H,(H,26,27). The van der Waals surface area contributed by atoms with Gasteiger partial charge in [-0.2, -0.15) is 18.3 Å². The predicted molar refractivity (Wildman–Crippen MR) is 103 cm³/mol. The molecule has 0 bridgehead atoms. The maximum absolute atomic E-state index is 13.7. The van der Waals surface area contributed by atoms with Crippen molar-refractivity contribution in [2.24, 2.45) is 0 Å². The number of hydrogen-bond acceptors (Lipinski definition) is 3. The van der Waals surface area contributed by atoms with E-state index in [0.717, 1.165) is 6.07 Å². The summed E-state index contributed by atoms with van der Waals surface area (Å²) in [5.74, 6) is 0.0875. The lowest BCUT2D eigenvalue weighted by molar-refractivity contribution is -0.137. The molecule has 4 aromatic rings. The van der Waals surface area contributed by atoms with Gasteiger partial charge in [0.15, 0.2) is 0 Å². The summed E-state index contributed by atoms with van der Waals surface area (Å²) in [6, 6.07) is 17.5. The number of H-pyrrole nitrogens is 1. The SMILES string of the molecule is Oc1ccc(-c2n[nH]c(-c3ccc(O)cc3)c2-c2ccccc2C(F)(F)F)cc1. The number of rotatable bonds is 3. The molecule has 146 valence electrons. The van der Waals surface area contributed by atoms with Crippen LogP contribution in [0.25, 0.3) is 33.6 Å². The molecule has 1 heterocycles. The molecule has 3 N–H and O–H groups in total.